The molecule has 7 nitrogen and oxygen atoms in total. The van der Waals surface area contributed by atoms with Gasteiger partial charge in [0.25, 0.3) is 5.91 Å². The molecule has 1 aliphatic carbocycles. The van der Waals surface area contributed by atoms with Crippen molar-refractivity contribution in [3.05, 3.63) is 28.2 Å². The van der Waals surface area contributed by atoms with Gasteiger partial charge >= 0.3 is 5.97 Å². The number of amides is 1. The molecule has 8 heteroatoms. The highest BCUT2D eigenvalue weighted by Crippen LogP contribution is 2.39. The third-order valence-corrected chi connectivity index (χ3v) is 4.47. The molecule has 1 aliphatic rings. The Morgan fingerprint density at radius 1 is 1.48 bits per heavy atom. The molecule has 0 atom stereocenters. The molecule has 110 valence electrons. The molecule has 3 rings (SSSR count). The van der Waals surface area contributed by atoms with Crippen LogP contribution in [-0.2, 0) is 17.6 Å². The molecule has 2 aromatic rings. The summed E-state index contributed by atoms with van der Waals surface area (Å²) < 4.78 is 5.11. The predicted octanol–water partition coefficient (Wildman–Crippen LogP) is 1.78. The third kappa shape index (κ3) is 2.54. The van der Waals surface area contributed by atoms with Crippen molar-refractivity contribution in [2.75, 3.05) is 11.9 Å². The summed E-state index contributed by atoms with van der Waals surface area (Å²) in [6.45, 7) is 2.07. The summed E-state index contributed by atoms with van der Waals surface area (Å²) in [6, 6.07) is 0. The van der Waals surface area contributed by atoms with Crippen molar-refractivity contribution in [1.29, 1.82) is 0 Å². The fourth-order valence-corrected chi connectivity index (χ4v) is 3.66. The molecular weight excluding hydrogens is 292 g/mol. The Kier molecular flexibility index (Phi) is 3.70. The maximum atomic E-state index is 12.2. The van der Waals surface area contributed by atoms with Gasteiger partial charge in [0.15, 0.2) is 0 Å². The molecule has 21 heavy (non-hydrogen) atoms. The number of esters is 1. The first kappa shape index (κ1) is 13.7. The van der Waals surface area contributed by atoms with E-state index in [2.05, 4.69) is 20.5 Å². The minimum absolute atomic E-state index is 0.110. The monoisotopic (exact) mass is 306 g/mol. The van der Waals surface area contributed by atoms with E-state index in [0.29, 0.717) is 17.2 Å². The van der Waals surface area contributed by atoms with Crippen LogP contribution in [0.3, 0.4) is 0 Å². The minimum atomic E-state index is -0.419. The normalized spacial score (nSPS) is 13.0. The maximum Gasteiger partial charge on any atom is 0.341 e. The van der Waals surface area contributed by atoms with Gasteiger partial charge in [-0.1, -0.05) is 0 Å². The van der Waals surface area contributed by atoms with Gasteiger partial charge in [0.2, 0.25) is 5.82 Å². The number of aromatic amines is 1. The number of nitrogens with one attached hydrogen (secondary N) is 2. The van der Waals surface area contributed by atoms with Crippen LogP contribution < -0.4 is 5.32 Å². The number of H-pyrrole nitrogens is 1. The van der Waals surface area contributed by atoms with Gasteiger partial charge in [-0.2, -0.15) is 5.10 Å². The number of carbonyl (C=O) groups is 2. The van der Waals surface area contributed by atoms with Crippen LogP contribution in [0.25, 0.3) is 0 Å². The van der Waals surface area contributed by atoms with Crippen molar-refractivity contribution >= 4 is 28.2 Å². The summed E-state index contributed by atoms with van der Waals surface area (Å²) >= 11 is 1.43. The van der Waals surface area contributed by atoms with Crippen molar-refractivity contribution in [1.82, 2.24) is 15.2 Å². The van der Waals surface area contributed by atoms with Gasteiger partial charge in [0.05, 0.1) is 12.2 Å². The van der Waals surface area contributed by atoms with Crippen LogP contribution in [0.5, 0.6) is 0 Å². The number of thiophene rings is 1. The van der Waals surface area contributed by atoms with Crippen LogP contribution in [0.4, 0.5) is 5.00 Å². The smallest absolute Gasteiger partial charge is 0.341 e. The molecule has 0 saturated heterocycles. The second-order valence-electron chi connectivity index (χ2n) is 4.57. The third-order valence-electron chi connectivity index (χ3n) is 3.26. The fraction of sp³-hybridized carbons (Fsp3) is 0.385. The zero-order chi connectivity index (χ0) is 14.8. The van der Waals surface area contributed by atoms with Gasteiger partial charge in [-0.05, 0) is 31.7 Å². The number of carbonyl (C=O) groups excluding carboxylic acids is 2. The number of fused-ring (bicyclic) bond motifs is 1. The Balaban J connectivity index is 1.91. The quantitative estimate of drug-likeness (QED) is 0.839. The first-order valence-corrected chi connectivity index (χ1v) is 7.50. The first-order valence-electron chi connectivity index (χ1n) is 6.69. The molecule has 0 bridgehead atoms. The van der Waals surface area contributed by atoms with Crippen LogP contribution in [0.15, 0.2) is 6.33 Å². The molecule has 0 aromatic carbocycles. The molecule has 0 radical (unpaired) electrons. The Morgan fingerprint density at radius 3 is 3.05 bits per heavy atom. The highest BCUT2D eigenvalue weighted by atomic mass is 32.1. The van der Waals surface area contributed by atoms with Crippen LogP contribution in [0.2, 0.25) is 0 Å². The predicted molar refractivity (Wildman–Crippen MR) is 76.6 cm³/mol. The van der Waals surface area contributed by atoms with Crippen molar-refractivity contribution in [2.45, 2.75) is 26.2 Å². The van der Waals surface area contributed by atoms with E-state index in [1.807, 2.05) is 0 Å². The van der Waals surface area contributed by atoms with E-state index in [1.165, 1.54) is 17.7 Å². The summed E-state index contributed by atoms with van der Waals surface area (Å²) in [5.74, 6) is -0.693. The van der Waals surface area contributed by atoms with Crippen molar-refractivity contribution < 1.29 is 14.3 Å². The summed E-state index contributed by atoms with van der Waals surface area (Å²) in [5, 5.41) is 9.39. The number of ether oxygens (including phenoxy) is 1. The van der Waals surface area contributed by atoms with Crippen LogP contribution >= 0.6 is 11.3 Å². The average Bonchev–Trinajstić information content (AvgIpc) is 3.14. The Morgan fingerprint density at radius 2 is 2.33 bits per heavy atom. The molecule has 0 spiro atoms. The molecule has 2 aromatic heterocycles. The Bertz CT molecular complexity index is 678. The number of hydrogen-bond acceptors (Lipinski definition) is 6. The zero-order valence-corrected chi connectivity index (χ0v) is 12.2. The van der Waals surface area contributed by atoms with Crippen LogP contribution in [0, 0.1) is 0 Å². The lowest BCUT2D eigenvalue weighted by molar-refractivity contribution is 0.0527. The van der Waals surface area contributed by atoms with Crippen molar-refractivity contribution in [3.63, 3.8) is 0 Å². The van der Waals surface area contributed by atoms with Crippen LogP contribution in [0.1, 0.15) is 44.8 Å². The number of aromatic nitrogens is 3. The van der Waals surface area contributed by atoms with Crippen LogP contribution in [-0.4, -0.2) is 33.7 Å². The number of hydrogen-bond donors (Lipinski definition) is 2. The SMILES string of the molecule is CCOC(=O)c1c(NC(=O)c2ncn[nH]2)sc2c1CCC2. The van der Waals surface area contributed by atoms with E-state index in [9.17, 15) is 9.59 Å². The standard InChI is InChI=1S/C13H14N4O3S/c1-2-20-13(19)9-7-4-3-5-8(7)21-12(9)16-11(18)10-14-6-15-17-10/h6H,2-5H2,1H3,(H,16,18)(H,14,15,17). The first-order chi connectivity index (χ1) is 10.2. The van der Waals surface area contributed by atoms with E-state index in [-0.39, 0.29) is 11.8 Å². The van der Waals surface area contributed by atoms with E-state index in [1.54, 1.807) is 6.92 Å². The molecule has 2 N–H and O–H groups in total. The summed E-state index contributed by atoms with van der Waals surface area (Å²) in [7, 11) is 0. The van der Waals surface area contributed by atoms with Gasteiger partial charge in [-0.25, -0.2) is 9.78 Å². The molecule has 0 fully saturated rings. The largest absolute Gasteiger partial charge is 0.462 e. The molecular formula is C13H14N4O3S. The van der Waals surface area contributed by atoms with Crippen molar-refractivity contribution in [2.24, 2.45) is 0 Å². The van der Waals surface area contributed by atoms with E-state index >= 15 is 0 Å². The maximum absolute atomic E-state index is 12.2. The van der Waals surface area contributed by atoms with Gasteiger partial charge in [-0.3, -0.25) is 9.89 Å². The highest BCUT2D eigenvalue weighted by molar-refractivity contribution is 7.17. The molecule has 2 heterocycles. The summed E-state index contributed by atoms with van der Waals surface area (Å²) in [6.07, 6.45) is 4.07. The Hall–Kier alpha value is -2.22. The number of anilines is 1. The summed E-state index contributed by atoms with van der Waals surface area (Å²) in [4.78, 5) is 29.1. The molecule has 0 unspecified atom stereocenters. The van der Waals surface area contributed by atoms with Gasteiger partial charge < -0.3 is 10.1 Å². The zero-order valence-electron chi connectivity index (χ0n) is 11.4. The van der Waals surface area contributed by atoms with Gasteiger partial charge in [-0.15, -0.1) is 11.3 Å². The molecule has 1 amide bonds. The fourth-order valence-electron chi connectivity index (χ4n) is 2.39. The lowest BCUT2D eigenvalue weighted by Gasteiger charge is -2.06. The second kappa shape index (κ2) is 5.65. The Labute approximate surface area is 124 Å². The van der Waals surface area contributed by atoms with Gasteiger partial charge in [0.1, 0.15) is 11.3 Å². The average molecular weight is 306 g/mol. The lowest BCUT2D eigenvalue weighted by atomic mass is 10.1. The van der Waals surface area contributed by atoms with Crippen molar-refractivity contribution in [3.8, 4) is 0 Å². The number of rotatable bonds is 4. The number of aryl methyl sites for hydroxylation is 1. The second-order valence-corrected chi connectivity index (χ2v) is 5.68. The topological polar surface area (TPSA) is 97.0 Å². The highest BCUT2D eigenvalue weighted by Gasteiger charge is 2.28. The van der Waals surface area contributed by atoms with Gasteiger partial charge in [0, 0.05) is 4.88 Å². The number of nitrogens with zero attached hydrogens (tertiary/aromatic N) is 2. The van der Waals surface area contributed by atoms with E-state index in [4.69, 9.17) is 4.74 Å². The molecule has 0 saturated carbocycles. The van der Waals surface area contributed by atoms with E-state index < -0.39 is 5.91 Å². The lowest BCUT2D eigenvalue weighted by Crippen LogP contribution is -2.16. The summed E-state index contributed by atoms with van der Waals surface area (Å²) in [5.41, 5.74) is 1.49. The minimum Gasteiger partial charge on any atom is -0.462 e. The molecule has 0 aliphatic heterocycles. The van der Waals surface area contributed by atoms with E-state index in [0.717, 1.165) is 29.7 Å².